The first-order valence-corrected chi connectivity index (χ1v) is 8.07. The van der Waals surface area contributed by atoms with Gasteiger partial charge in [-0.1, -0.05) is 12.1 Å². The largest absolute Gasteiger partial charge is 0.493 e. The molecule has 1 aliphatic rings. The predicted molar refractivity (Wildman–Crippen MR) is 99.7 cm³/mol. The van der Waals surface area contributed by atoms with Crippen LogP contribution in [-0.4, -0.2) is 40.3 Å². The number of hydrogen-bond acceptors (Lipinski definition) is 7. The van der Waals surface area contributed by atoms with Crippen LogP contribution in [0.3, 0.4) is 0 Å². The van der Waals surface area contributed by atoms with Gasteiger partial charge in [-0.05, 0) is 30.3 Å². The van der Waals surface area contributed by atoms with Crippen LogP contribution in [0.4, 0.5) is 0 Å². The van der Waals surface area contributed by atoms with Crippen molar-refractivity contribution in [3.05, 3.63) is 53.2 Å². The number of hydrogen-bond donors (Lipinski definition) is 0. The third kappa shape index (κ3) is 3.57. The van der Waals surface area contributed by atoms with Gasteiger partial charge >= 0.3 is 5.97 Å². The van der Waals surface area contributed by atoms with E-state index in [2.05, 4.69) is 4.99 Å². The molecule has 27 heavy (non-hydrogen) atoms. The van der Waals surface area contributed by atoms with Crippen LogP contribution in [0.15, 0.2) is 47.1 Å². The molecule has 140 valence electrons. The van der Waals surface area contributed by atoms with Crippen LogP contribution in [-0.2, 0) is 9.53 Å². The molecule has 0 fully saturated rings. The fraction of sp³-hybridized carbons (Fsp3) is 0.200. The fourth-order valence-electron chi connectivity index (χ4n) is 2.67. The molecular formula is C20H19NO6. The Morgan fingerprint density at radius 3 is 2.30 bits per heavy atom. The van der Waals surface area contributed by atoms with Gasteiger partial charge in [-0.25, -0.2) is 9.79 Å². The van der Waals surface area contributed by atoms with E-state index in [1.807, 2.05) is 0 Å². The number of nitrogens with zero attached hydrogens (tertiary/aromatic N) is 1. The van der Waals surface area contributed by atoms with E-state index in [4.69, 9.17) is 23.7 Å². The van der Waals surface area contributed by atoms with Crippen LogP contribution in [0.5, 0.6) is 23.0 Å². The Labute approximate surface area is 156 Å². The van der Waals surface area contributed by atoms with Crippen LogP contribution >= 0.6 is 0 Å². The number of carbonyl (C=O) groups excluding carboxylic acids is 1. The van der Waals surface area contributed by atoms with E-state index in [0.29, 0.717) is 34.1 Å². The molecule has 0 N–H and O–H groups in total. The lowest BCUT2D eigenvalue weighted by Crippen LogP contribution is -2.06. The highest BCUT2D eigenvalue weighted by Crippen LogP contribution is 2.34. The number of esters is 1. The van der Waals surface area contributed by atoms with E-state index in [9.17, 15) is 4.79 Å². The Morgan fingerprint density at radius 1 is 0.889 bits per heavy atom. The summed E-state index contributed by atoms with van der Waals surface area (Å²) in [6.07, 6.45) is 1.59. The highest BCUT2D eigenvalue weighted by atomic mass is 16.6. The fourth-order valence-corrected chi connectivity index (χ4v) is 2.67. The number of rotatable bonds is 6. The van der Waals surface area contributed by atoms with Crippen molar-refractivity contribution in [2.75, 3.05) is 28.4 Å². The summed E-state index contributed by atoms with van der Waals surface area (Å²) in [7, 11) is 6.16. The second-order valence-corrected chi connectivity index (χ2v) is 5.49. The topological polar surface area (TPSA) is 75.6 Å². The molecule has 0 aliphatic carbocycles. The van der Waals surface area contributed by atoms with Crippen molar-refractivity contribution in [1.29, 1.82) is 0 Å². The number of ether oxygens (including phenoxy) is 5. The zero-order chi connectivity index (χ0) is 19.4. The molecule has 1 aliphatic heterocycles. The van der Waals surface area contributed by atoms with Gasteiger partial charge in [-0.2, -0.15) is 0 Å². The maximum absolute atomic E-state index is 12.3. The molecule has 0 radical (unpaired) electrons. The summed E-state index contributed by atoms with van der Waals surface area (Å²) < 4.78 is 26.5. The van der Waals surface area contributed by atoms with Gasteiger partial charge in [-0.15, -0.1) is 0 Å². The Bertz CT molecular complexity index is 932. The predicted octanol–water partition coefficient (Wildman–Crippen LogP) is 3.07. The molecule has 3 rings (SSSR count). The zero-order valence-corrected chi connectivity index (χ0v) is 15.4. The number of aliphatic imine (C=N–C) groups is 1. The third-order valence-corrected chi connectivity index (χ3v) is 3.98. The van der Waals surface area contributed by atoms with Crippen LogP contribution in [0.25, 0.3) is 6.08 Å². The van der Waals surface area contributed by atoms with Gasteiger partial charge in [0.1, 0.15) is 0 Å². The molecule has 0 saturated carbocycles. The summed E-state index contributed by atoms with van der Waals surface area (Å²) in [5.74, 6) is 1.79. The van der Waals surface area contributed by atoms with Gasteiger partial charge in [0, 0.05) is 11.1 Å². The zero-order valence-electron chi connectivity index (χ0n) is 15.4. The van der Waals surface area contributed by atoms with Crippen molar-refractivity contribution in [2.24, 2.45) is 4.99 Å². The van der Waals surface area contributed by atoms with Gasteiger partial charge in [0.25, 0.3) is 0 Å². The number of methoxy groups -OCH3 is 4. The number of cyclic esters (lactones) is 1. The highest BCUT2D eigenvalue weighted by Gasteiger charge is 2.25. The van der Waals surface area contributed by atoms with Crippen molar-refractivity contribution in [2.45, 2.75) is 0 Å². The summed E-state index contributed by atoms with van der Waals surface area (Å²) >= 11 is 0. The average molecular weight is 369 g/mol. The normalized spacial score (nSPS) is 14.6. The van der Waals surface area contributed by atoms with Crippen molar-refractivity contribution >= 4 is 17.9 Å². The monoisotopic (exact) mass is 369 g/mol. The van der Waals surface area contributed by atoms with E-state index in [-0.39, 0.29) is 11.6 Å². The van der Waals surface area contributed by atoms with E-state index >= 15 is 0 Å². The third-order valence-electron chi connectivity index (χ3n) is 3.98. The molecule has 0 bridgehead atoms. The van der Waals surface area contributed by atoms with E-state index in [0.717, 1.165) is 0 Å². The maximum atomic E-state index is 12.3. The minimum absolute atomic E-state index is 0.159. The van der Waals surface area contributed by atoms with Crippen LogP contribution in [0, 0.1) is 0 Å². The lowest BCUT2D eigenvalue weighted by atomic mass is 10.1. The lowest BCUT2D eigenvalue weighted by Gasteiger charge is -2.09. The van der Waals surface area contributed by atoms with Gasteiger partial charge in [0.05, 0.1) is 28.4 Å². The molecule has 2 aromatic carbocycles. The second-order valence-electron chi connectivity index (χ2n) is 5.49. The first-order valence-electron chi connectivity index (χ1n) is 8.07. The smallest absolute Gasteiger partial charge is 0.363 e. The molecule has 7 nitrogen and oxygen atoms in total. The summed E-state index contributed by atoms with van der Waals surface area (Å²) in [6.45, 7) is 0. The van der Waals surface area contributed by atoms with Crippen LogP contribution in [0.1, 0.15) is 11.1 Å². The van der Waals surface area contributed by atoms with Crippen LogP contribution in [0.2, 0.25) is 0 Å². The van der Waals surface area contributed by atoms with Gasteiger partial charge in [-0.3, -0.25) is 0 Å². The number of carbonyl (C=O) groups is 1. The summed E-state index contributed by atoms with van der Waals surface area (Å²) in [4.78, 5) is 16.6. The van der Waals surface area contributed by atoms with E-state index in [1.54, 1.807) is 56.7 Å². The Kier molecular flexibility index (Phi) is 5.30. The molecule has 0 saturated heterocycles. The van der Waals surface area contributed by atoms with Gasteiger partial charge < -0.3 is 23.7 Å². The minimum Gasteiger partial charge on any atom is -0.493 e. The molecule has 0 atom stereocenters. The molecule has 0 amide bonds. The summed E-state index contributed by atoms with van der Waals surface area (Å²) in [5.41, 5.74) is 1.41. The molecule has 2 aromatic rings. The minimum atomic E-state index is -0.551. The standard InChI is InChI=1S/C20H19NO6/c1-23-15-9-8-13(11-17(15)25-3)19-21-14(20(22)27-19)10-12-6-5-7-16(24-2)18(12)26-4/h5-11H,1-4H3/b14-10-. The average Bonchev–Trinajstić information content (AvgIpc) is 3.07. The van der Waals surface area contributed by atoms with Crippen molar-refractivity contribution in [3.8, 4) is 23.0 Å². The van der Waals surface area contributed by atoms with E-state index < -0.39 is 5.97 Å². The van der Waals surface area contributed by atoms with Gasteiger partial charge in [0.15, 0.2) is 28.7 Å². The van der Waals surface area contributed by atoms with Crippen molar-refractivity contribution < 1.29 is 28.5 Å². The van der Waals surface area contributed by atoms with Gasteiger partial charge in [0.2, 0.25) is 5.90 Å². The Morgan fingerprint density at radius 2 is 1.63 bits per heavy atom. The summed E-state index contributed by atoms with van der Waals surface area (Å²) in [6, 6.07) is 10.5. The van der Waals surface area contributed by atoms with Crippen LogP contribution < -0.4 is 18.9 Å². The molecule has 7 heteroatoms. The SMILES string of the molecule is COc1ccc(C2=N/C(=C\c3cccc(OC)c3OC)C(=O)O2)cc1OC. The molecular weight excluding hydrogens is 350 g/mol. The summed E-state index contributed by atoms with van der Waals surface area (Å²) in [5, 5.41) is 0. The Balaban J connectivity index is 1.99. The molecule has 0 aromatic heterocycles. The Hall–Kier alpha value is -3.48. The van der Waals surface area contributed by atoms with Crippen molar-refractivity contribution in [1.82, 2.24) is 0 Å². The maximum Gasteiger partial charge on any atom is 0.363 e. The molecule has 1 heterocycles. The van der Waals surface area contributed by atoms with E-state index in [1.165, 1.54) is 14.2 Å². The lowest BCUT2D eigenvalue weighted by molar-refractivity contribution is -0.129. The first-order chi connectivity index (χ1) is 13.1. The second kappa shape index (κ2) is 7.82. The molecule has 0 unspecified atom stereocenters. The number of benzene rings is 2. The number of para-hydroxylation sites is 1. The first kappa shape index (κ1) is 18.3. The highest BCUT2D eigenvalue weighted by molar-refractivity contribution is 6.13. The quantitative estimate of drug-likeness (QED) is 0.575. The van der Waals surface area contributed by atoms with Crippen molar-refractivity contribution in [3.63, 3.8) is 0 Å². The molecule has 0 spiro atoms.